The van der Waals surface area contributed by atoms with Crippen molar-refractivity contribution in [2.24, 2.45) is 0 Å². The minimum atomic E-state index is 0.382. The number of aromatic nitrogens is 8. The molecule has 0 spiro atoms. The second kappa shape index (κ2) is 4.93. The normalized spacial score (nSPS) is 10.9. The largest absolute Gasteiger partial charge is 0.357 e. The number of anilines is 1. The van der Waals surface area contributed by atoms with E-state index in [9.17, 15) is 0 Å². The zero-order chi connectivity index (χ0) is 15.0. The molecule has 9 heteroatoms. The Labute approximate surface area is 121 Å². The van der Waals surface area contributed by atoms with E-state index < -0.39 is 0 Å². The highest BCUT2D eigenvalue weighted by Gasteiger charge is 2.14. The first kappa shape index (κ1) is 13.2. The van der Waals surface area contributed by atoms with Gasteiger partial charge in [0.05, 0.1) is 5.69 Å². The number of nitrogens with one attached hydrogen (secondary N) is 1. The maximum Gasteiger partial charge on any atom is 0.258 e. The monoisotopic (exact) mass is 285 g/mol. The van der Waals surface area contributed by atoms with Gasteiger partial charge in [-0.2, -0.15) is 29.8 Å². The molecular weight excluding hydrogens is 270 g/mol. The molecule has 0 aromatic carbocycles. The van der Waals surface area contributed by atoms with Crippen LogP contribution in [-0.2, 0) is 0 Å². The molecule has 0 aliphatic carbocycles. The fraction of sp³-hybridized carbons (Fsp3) is 0.333. The number of rotatable bonds is 3. The summed E-state index contributed by atoms with van der Waals surface area (Å²) in [5, 5.41) is 11.4. The predicted molar refractivity (Wildman–Crippen MR) is 75.6 cm³/mol. The fourth-order valence-electron chi connectivity index (χ4n) is 1.89. The Morgan fingerprint density at radius 2 is 1.81 bits per heavy atom. The molecule has 9 nitrogen and oxygen atoms in total. The van der Waals surface area contributed by atoms with Gasteiger partial charge in [-0.3, -0.25) is 0 Å². The van der Waals surface area contributed by atoms with E-state index in [1.807, 2.05) is 20.8 Å². The van der Waals surface area contributed by atoms with Gasteiger partial charge in [0, 0.05) is 12.7 Å². The third-order valence-electron chi connectivity index (χ3n) is 3.30. The highest BCUT2D eigenvalue weighted by molar-refractivity contribution is 5.34. The molecule has 0 bridgehead atoms. The summed E-state index contributed by atoms with van der Waals surface area (Å²) in [5.74, 6) is 1.26. The predicted octanol–water partition coefficient (Wildman–Crippen LogP) is 0.605. The first-order valence-corrected chi connectivity index (χ1v) is 6.42. The molecule has 0 fully saturated rings. The Balaban J connectivity index is 2.18. The van der Waals surface area contributed by atoms with E-state index in [1.54, 1.807) is 11.7 Å². The highest BCUT2D eigenvalue weighted by atomic mass is 15.4. The topological polar surface area (TPSA) is 99.2 Å². The summed E-state index contributed by atoms with van der Waals surface area (Å²) in [6, 6.07) is 0. The highest BCUT2D eigenvalue weighted by Crippen LogP contribution is 2.15. The van der Waals surface area contributed by atoms with Crippen molar-refractivity contribution in [3.63, 3.8) is 0 Å². The molecule has 0 saturated heterocycles. The van der Waals surface area contributed by atoms with E-state index in [2.05, 4.69) is 35.5 Å². The molecule has 0 aliphatic heterocycles. The van der Waals surface area contributed by atoms with Gasteiger partial charge in [-0.05, 0) is 26.3 Å². The van der Waals surface area contributed by atoms with Crippen LogP contribution >= 0.6 is 0 Å². The van der Waals surface area contributed by atoms with Crippen LogP contribution < -0.4 is 5.32 Å². The van der Waals surface area contributed by atoms with Gasteiger partial charge < -0.3 is 5.32 Å². The summed E-state index contributed by atoms with van der Waals surface area (Å²) in [7, 11) is 1.75. The molecule has 3 aromatic rings. The lowest BCUT2D eigenvalue weighted by Gasteiger charge is -2.07. The smallest absolute Gasteiger partial charge is 0.258 e. The molecule has 0 amide bonds. The zero-order valence-corrected chi connectivity index (χ0v) is 12.2. The van der Waals surface area contributed by atoms with Gasteiger partial charge in [-0.25, -0.2) is 9.67 Å². The quantitative estimate of drug-likeness (QED) is 0.752. The van der Waals surface area contributed by atoms with Gasteiger partial charge in [-0.1, -0.05) is 0 Å². The second-order valence-electron chi connectivity index (χ2n) is 4.56. The molecule has 0 radical (unpaired) electrons. The van der Waals surface area contributed by atoms with Crippen molar-refractivity contribution >= 4 is 5.95 Å². The number of hydrogen-bond acceptors (Lipinski definition) is 7. The van der Waals surface area contributed by atoms with Gasteiger partial charge in [0.2, 0.25) is 5.95 Å². The van der Waals surface area contributed by atoms with Gasteiger partial charge >= 0.3 is 0 Å². The van der Waals surface area contributed by atoms with Crippen LogP contribution in [0.1, 0.15) is 17.0 Å². The molecular formula is C12H15N9. The molecule has 21 heavy (non-hydrogen) atoms. The molecule has 0 aliphatic rings. The average molecular weight is 285 g/mol. The summed E-state index contributed by atoms with van der Waals surface area (Å²) < 4.78 is 3.18. The molecule has 0 unspecified atom stereocenters. The van der Waals surface area contributed by atoms with Crippen molar-refractivity contribution in [3.05, 3.63) is 29.6 Å². The summed E-state index contributed by atoms with van der Waals surface area (Å²) in [6.45, 7) is 5.96. The summed E-state index contributed by atoms with van der Waals surface area (Å²) in [6.07, 6.45) is 2.96. The molecule has 3 aromatic heterocycles. The number of hydrogen-bond donors (Lipinski definition) is 1. The summed E-state index contributed by atoms with van der Waals surface area (Å²) >= 11 is 0. The minimum Gasteiger partial charge on any atom is -0.357 e. The zero-order valence-electron chi connectivity index (χ0n) is 12.2. The van der Waals surface area contributed by atoms with Crippen molar-refractivity contribution < 1.29 is 0 Å². The van der Waals surface area contributed by atoms with Crippen LogP contribution in [0.4, 0.5) is 5.95 Å². The lowest BCUT2D eigenvalue weighted by molar-refractivity contribution is 0.730. The SMILES string of the molecule is CNc1nc(-n2cncn2)nc(-n2nc(C)c(C)c2C)n1. The van der Waals surface area contributed by atoms with Crippen LogP contribution in [0.25, 0.3) is 11.9 Å². The molecule has 108 valence electrons. The standard InChI is InChI=1S/C12H15N9/c1-7-8(2)19-21(9(7)3)12-17-10(13-4)16-11(18-12)20-6-14-5-15-20/h5-6H,1-4H3,(H,13,16,17,18). The second-order valence-corrected chi connectivity index (χ2v) is 4.56. The van der Waals surface area contributed by atoms with Crippen LogP contribution in [0.3, 0.4) is 0 Å². The molecule has 3 heterocycles. The Morgan fingerprint density at radius 1 is 1.05 bits per heavy atom. The fourth-order valence-corrected chi connectivity index (χ4v) is 1.89. The Hall–Kier alpha value is -2.84. The van der Waals surface area contributed by atoms with Crippen LogP contribution in [0.15, 0.2) is 12.7 Å². The van der Waals surface area contributed by atoms with Gasteiger partial charge in [0.15, 0.2) is 0 Å². The maximum atomic E-state index is 4.47. The Kier molecular flexibility index (Phi) is 3.09. The van der Waals surface area contributed by atoms with Gasteiger partial charge in [0.25, 0.3) is 11.9 Å². The maximum absolute atomic E-state index is 4.47. The van der Waals surface area contributed by atoms with Gasteiger partial charge in [0.1, 0.15) is 12.7 Å². The van der Waals surface area contributed by atoms with E-state index >= 15 is 0 Å². The summed E-state index contributed by atoms with van der Waals surface area (Å²) in [4.78, 5) is 16.9. The first-order valence-electron chi connectivity index (χ1n) is 6.42. The molecule has 0 saturated carbocycles. The average Bonchev–Trinajstić information content (AvgIpc) is 3.12. The lowest BCUT2D eigenvalue weighted by atomic mass is 10.2. The van der Waals surface area contributed by atoms with Crippen LogP contribution in [0, 0.1) is 20.8 Å². The number of aryl methyl sites for hydroxylation is 1. The van der Waals surface area contributed by atoms with Crippen LogP contribution in [0.2, 0.25) is 0 Å². The minimum absolute atomic E-state index is 0.382. The van der Waals surface area contributed by atoms with Gasteiger partial charge in [-0.15, -0.1) is 0 Å². The first-order chi connectivity index (χ1) is 10.1. The van der Waals surface area contributed by atoms with Crippen molar-refractivity contribution in [1.82, 2.24) is 39.5 Å². The third kappa shape index (κ3) is 2.22. The van der Waals surface area contributed by atoms with E-state index in [0.29, 0.717) is 17.8 Å². The van der Waals surface area contributed by atoms with Crippen molar-refractivity contribution in [2.45, 2.75) is 20.8 Å². The lowest BCUT2D eigenvalue weighted by Crippen LogP contribution is -2.13. The van der Waals surface area contributed by atoms with Crippen molar-refractivity contribution in [1.29, 1.82) is 0 Å². The number of nitrogens with zero attached hydrogens (tertiary/aromatic N) is 8. The van der Waals surface area contributed by atoms with Crippen LogP contribution in [0.5, 0.6) is 0 Å². The summed E-state index contributed by atoms with van der Waals surface area (Å²) in [5.41, 5.74) is 3.05. The van der Waals surface area contributed by atoms with E-state index in [0.717, 1.165) is 17.0 Å². The van der Waals surface area contributed by atoms with E-state index in [-0.39, 0.29) is 0 Å². The Morgan fingerprint density at radius 3 is 2.38 bits per heavy atom. The molecule has 1 N–H and O–H groups in total. The van der Waals surface area contributed by atoms with E-state index in [1.165, 1.54) is 17.3 Å². The van der Waals surface area contributed by atoms with Crippen molar-refractivity contribution in [3.8, 4) is 11.9 Å². The third-order valence-corrected chi connectivity index (χ3v) is 3.30. The molecule has 3 rings (SSSR count). The van der Waals surface area contributed by atoms with Crippen molar-refractivity contribution in [2.75, 3.05) is 12.4 Å². The van der Waals surface area contributed by atoms with Crippen LogP contribution in [-0.4, -0.2) is 46.5 Å². The Bertz CT molecular complexity index is 772. The molecule has 0 atom stereocenters. The van der Waals surface area contributed by atoms with E-state index in [4.69, 9.17) is 0 Å².